The van der Waals surface area contributed by atoms with E-state index in [1.807, 2.05) is 17.9 Å². The lowest BCUT2D eigenvalue weighted by atomic mass is 10.0. The summed E-state index contributed by atoms with van der Waals surface area (Å²) in [5.74, 6) is 1.53. The lowest BCUT2D eigenvalue weighted by Crippen LogP contribution is -2.39. The van der Waals surface area contributed by atoms with Crippen molar-refractivity contribution in [3.63, 3.8) is 0 Å². The summed E-state index contributed by atoms with van der Waals surface area (Å²) < 4.78 is 4.07. The predicted molar refractivity (Wildman–Crippen MR) is 111 cm³/mol. The van der Waals surface area contributed by atoms with Crippen LogP contribution >= 0.6 is 0 Å². The van der Waals surface area contributed by atoms with Crippen molar-refractivity contribution in [1.82, 2.24) is 34.2 Å². The number of rotatable bonds is 4. The van der Waals surface area contributed by atoms with Crippen LogP contribution in [0.4, 0.5) is 0 Å². The number of fused-ring (bicyclic) bond motifs is 1. The third kappa shape index (κ3) is 3.21. The Labute approximate surface area is 166 Å². The van der Waals surface area contributed by atoms with E-state index in [9.17, 15) is 0 Å². The molecule has 4 rings (SSSR count). The van der Waals surface area contributed by atoms with Crippen molar-refractivity contribution in [2.24, 2.45) is 13.0 Å². The molecule has 0 aliphatic carbocycles. The van der Waals surface area contributed by atoms with Gasteiger partial charge in [-0.2, -0.15) is 5.10 Å². The highest BCUT2D eigenvalue weighted by Gasteiger charge is 2.31. The van der Waals surface area contributed by atoms with Gasteiger partial charge in [0, 0.05) is 31.4 Å². The Morgan fingerprint density at radius 1 is 1.21 bits per heavy atom. The van der Waals surface area contributed by atoms with Gasteiger partial charge in [-0.3, -0.25) is 9.58 Å². The summed E-state index contributed by atoms with van der Waals surface area (Å²) >= 11 is 0. The predicted octanol–water partition coefficient (Wildman–Crippen LogP) is 3.22. The molecule has 1 fully saturated rings. The molecule has 0 N–H and O–H groups in total. The smallest absolute Gasteiger partial charge is 0.163 e. The first kappa shape index (κ1) is 19.1. The molecule has 4 heterocycles. The van der Waals surface area contributed by atoms with Crippen LogP contribution in [-0.2, 0) is 20.0 Å². The fourth-order valence-corrected chi connectivity index (χ4v) is 4.30. The van der Waals surface area contributed by atoms with E-state index in [1.54, 1.807) is 6.33 Å². The molecule has 3 aromatic heterocycles. The van der Waals surface area contributed by atoms with Crippen molar-refractivity contribution < 1.29 is 0 Å². The van der Waals surface area contributed by atoms with Crippen LogP contribution < -0.4 is 0 Å². The van der Waals surface area contributed by atoms with Crippen LogP contribution in [0, 0.1) is 12.8 Å². The molecule has 28 heavy (non-hydrogen) atoms. The van der Waals surface area contributed by atoms with Gasteiger partial charge in [0.05, 0.1) is 17.5 Å². The molecular weight excluding hydrogens is 350 g/mol. The lowest BCUT2D eigenvalue weighted by Gasteiger charge is -2.31. The molecule has 0 radical (unpaired) electrons. The Bertz CT molecular complexity index is 992. The number of likely N-dealkylation sites (tertiary alicyclic amines) is 1. The normalized spacial score (nSPS) is 18.4. The van der Waals surface area contributed by atoms with Gasteiger partial charge in [0.15, 0.2) is 5.65 Å². The maximum Gasteiger partial charge on any atom is 0.163 e. The van der Waals surface area contributed by atoms with Gasteiger partial charge in [-0.25, -0.2) is 15.0 Å². The molecule has 7 heteroatoms. The molecule has 1 atom stereocenters. The largest absolute Gasteiger partial charge is 0.312 e. The molecule has 0 amide bonds. The van der Waals surface area contributed by atoms with Crippen molar-refractivity contribution in [3.05, 3.63) is 23.9 Å². The van der Waals surface area contributed by atoms with Crippen molar-refractivity contribution in [2.75, 3.05) is 13.1 Å². The monoisotopic (exact) mass is 381 g/mol. The zero-order valence-electron chi connectivity index (χ0n) is 17.9. The molecule has 1 aliphatic rings. The van der Waals surface area contributed by atoms with Crippen LogP contribution in [0.1, 0.15) is 45.5 Å². The zero-order chi connectivity index (χ0) is 20.1. The highest BCUT2D eigenvalue weighted by Crippen LogP contribution is 2.30. The van der Waals surface area contributed by atoms with Crippen LogP contribution in [0.5, 0.6) is 0 Å². The minimum absolute atomic E-state index is 0.227. The molecule has 3 aromatic rings. The van der Waals surface area contributed by atoms with Gasteiger partial charge in [-0.05, 0) is 59.9 Å². The van der Waals surface area contributed by atoms with Gasteiger partial charge >= 0.3 is 0 Å². The molecule has 0 bridgehead atoms. The quantitative estimate of drug-likeness (QED) is 0.694. The van der Waals surface area contributed by atoms with Crippen LogP contribution in [0.3, 0.4) is 0 Å². The first-order chi connectivity index (χ1) is 13.3. The lowest BCUT2D eigenvalue weighted by molar-refractivity contribution is 0.168. The Morgan fingerprint density at radius 2 is 2.00 bits per heavy atom. The molecule has 0 saturated carbocycles. The summed E-state index contributed by atoms with van der Waals surface area (Å²) in [4.78, 5) is 16.7. The molecule has 0 spiro atoms. The van der Waals surface area contributed by atoms with Gasteiger partial charge in [0.1, 0.15) is 17.7 Å². The Morgan fingerprint density at radius 3 is 2.64 bits per heavy atom. The third-order valence-corrected chi connectivity index (χ3v) is 6.09. The number of imidazole rings is 1. The second-order valence-corrected chi connectivity index (χ2v) is 8.92. The summed E-state index contributed by atoms with van der Waals surface area (Å²) in [7, 11) is 2.03. The van der Waals surface area contributed by atoms with Gasteiger partial charge in [-0.15, -0.1) is 0 Å². The van der Waals surface area contributed by atoms with Crippen LogP contribution in [-0.4, -0.2) is 52.8 Å². The second-order valence-electron chi connectivity index (χ2n) is 8.92. The van der Waals surface area contributed by atoms with Gasteiger partial charge < -0.3 is 4.57 Å². The first-order valence-corrected chi connectivity index (χ1v) is 10.2. The minimum atomic E-state index is 0.227. The standard InChI is InChI=1S/C21H31N7/c1-7-28-14(2)16(11-24-28)19-25-18-17(22-13-23-20(18)26(19)6)10-15-8-9-27(12-15)21(3,4)5/h11,13,15H,7-10,12H2,1-6H3. The van der Waals surface area contributed by atoms with Crippen molar-refractivity contribution in [3.8, 4) is 11.4 Å². The van der Waals surface area contributed by atoms with Gasteiger partial charge in [0.25, 0.3) is 0 Å². The topological polar surface area (TPSA) is 64.7 Å². The summed E-state index contributed by atoms with van der Waals surface area (Å²) in [6, 6.07) is 0. The van der Waals surface area contributed by atoms with E-state index in [1.165, 1.54) is 6.42 Å². The highest BCUT2D eigenvalue weighted by atomic mass is 15.3. The molecule has 0 aromatic carbocycles. The van der Waals surface area contributed by atoms with Crippen molar-refractivity contribution in [2.45, 2.75) is 59.5 Å². The Kier molecular flexibility index (Phi) is 4.73. The third-order valence-electron chi connectivity index (χ3n) is 6.09. The van der Waals surface area contributed by atoms with Crippen molar-refractivity contribution >= 4 is 11.2 Å². The fraction of sp³-hybridized carbons (Fsp3) is 0.619. The van der Waals surface area contributed by atoms with Gasteiger partial charge in [-0.1, -0.05) is 0 Å². The van der Waals surface area contributed by atoms with Crippen LogP contribution in [0.25, 0.3) is 22.6 Å². The highest BCUT2D eigenvalue weighted by molar-refractivity contribution is 5.79. The number of aryl methyl sites for hydroxylation is 2. The van der Waals surface area contributed by atoms with E-state index in [0.717, 1.165) is 60.0 Å². The second kappa shape index (κ2) is 6.95. The number of aromatic nitrogens is 6. The molecule has 1 aliphatic heterocycles. The summed E-state index contributed by atoms with van der Waals surface area (Å²) in [6.45, 7) is 14.2. The Balaban J connectivity index is 1.67. The van der Waals surface area contributed by atoms with Crippen LogP contribution in [0.2, 0.25) is 0 Å². The summed E-state index contributed by atoms with van der Waals surface area (Å²) in [5.41, 5.74) is 5.31. The number of hydrogen-bond acceptors (Lipinski definition) is 5. The van der Waals surface area contributed by atoms with E-state index in [0.29, 0.717) is 5.92 Å². The van der Waals surface area contributed by atoms with Crippen molar-refractivity contribution in [1.29, 1.82) is 0 Å². The molecule has 1 unspecified atom stereocenters. The maximum atomic E-state index is 4.97. The SMILES string of the molecule is CCn1ncc(-c2nc3c(CC4CCN(C(C)(C)C)C4)ncnc3n2C)c1C. The van der Waals surface area contributed by atoms with Crippen LogP contribution in [0.15, 0.2) is 12.5 Å². The summed E-state index contributed by atoms with van der Waals surface area (Å²) in [5, 5.41) is 4.48. The summed E-state index contributed by atoms with van der Waals surface area (Å²) in [6.07, 6.45) is 5.76. The maximum absolute atomic E-state index is 4.97. The molecule has 7 nitrogen and oxygen atoms in total. The Hall–Kier alpha value is -2.28. The molecule has 150 valence electrons. The number of nitrogens with zero attached hydrogens (tertiary/aromatic N) is 7. The molecule has 1 saturated heterocycles. The first-order valence-electron chi connectivity index (χ1n) is 10.2. The fourth-order valence-electron chi connectivity index (χ4n) is 4.30. The van der Waals surface area contributed by atoms with E-state index in [4.69, 9.17) is 4.98 Å². The zero-order valence-corrected chi connectivity index (χ0v) is 17.9. The minimum Gasteiger partial charge on any atom is -0.312 e. The van der Waals surface area contributed by atoms with E-state index in [-0.39, 0.29) is 5.54 Å². The average molecular weight is 382 g/mol. The van der Waals surface area contributed by atoms with E-state index >= 15 is 0 Å². The average Bonchev–Trinajstić information content (AvgIpc) is 3.33. The van der Waals surface area contributed by atoms with E-state index < -0.39 is 0 Å². The van der Waals surface area contributed by atoms with E-state index in [2.05, 4.69) is 59.2 Å². The number of hydrogen-bond donors (Lipinski definition) is 0. The van der Waals surface area contributed by atoms with Gasteiger partial charge in [0.2, 0.25) is 0 Å². The molecular formula is C21H31N7.